The fraction of sp³-hybridized carbons (Fsp3) is 0.333. The zero-order valence-electron chi connectivity index (χ0n) is 9.61. The number of thioether (sulfide) groups is 1. The Bertz CT molecular complexity index is 458. The number of rotatable bonds is 2. The van der Waals surface area contributed by atoms with Crippen LogP contribution in [0.15, 0.2) is 29.3 Å². The molecule has 0 saturated carbocycles. The zero-order chi connectivity index (χ0) is 12.4. The lowest BCUT2D eigenvalue weighted by atomic mass is 10.1. The van der Waals surface area contributed by atoms with Gasteiger partial charge in [-0.2, -0.15) is 0 Å². The van der Waals surface area contributed by atoms with E-state index in [1.165, 1.54) is 11.8 Å². The van der Waals surface area contributed by atoms with Gasteiger partial charge in [0.1, 0.15) is 0 Å². The molecule has 0 aliphatic carbocycles. The number of nitrogens with one attached hydrogen (secondary N) is 1. The molecular weight excluding hydrogens is 256 g/mol. The van der Waals surface area contributed by atoms with E-state index in [4.69, 9.17) is 11.6 Å². The number of carbonyl (C=O) groups excluding carboxylic acids is 1. The average molecular weight is 269 g/mol. The van der Waals surface area contributed by atoms with Crippen molar-refractivity contribution in [1.82, 2.24) is 5.32 Å². The molecular formula is C12H13ClN2OS. The van der Waals surface area contributed by atoms with Crippen molar-refractivity contribution in [2.75, 3.05) is 0 Å². The highest BCUT2D eigenvalue weighted by Crippen LogP contribution is 2.24. The van der Waals surface area contributed by atoms with Crippen molar-refractivity contribution in [3.8, 4) is 0 Å². The van der Waals surface area contributed by atoms with E-state index in [1.807, 2.05) is 38.1 Å². The molecule has 0 aromatic heterocycles. The summed E-state index contributed by atoms with van der Waals surface area (Å²) in [6.45, 7) is 3.86. The van der Waals surface area contributed by atoms with Gasteiger partial charge in [0, 0.05) is 5.02 Å². The first-order valence-corrected chi connectivity index (χ1v) is 6.63. The molecule has 1 N–H and O–H groups in total. The van der Waals surface area contributed by atoms with Crippen LogP contribution in [0.25, 0.3) is 0 Å². The van der Waals surface area contributed by atoms with Gasteiger partial charge in [-0.05, 0) is 31.5 Å². The maximum absolute atomic E-state index is 11.3. The molecule has 0 radical (unpaired) electrons. The number of carbonyl (C=O) groups is 1. The van der Waals surface area contributed by atoms with Gasteiger partial charge in [-0.15, -0.1) is 0 Å². The van der Waals surface area contributed by atoms with Crippen LogP contribution in [0.5, 0.6) is 0 Å². The first kappa shape index (κ1) is 12.5. The summed E-state index contributed by atoms with van der Waals surface area (Å²) in [6.07, 6.45) is 0. The molecule has 2 atom stereocenters. The number of hydrogen-bond acceptors (Lipinski definition) is 3. The molecule has 1 heterocycles. The van der Waals surface area contributed by atoms with Gasteiger partial charge in [0.2, 0.25) is 5.91 Å². The summed E-state index contributed by atoms with van der Waals surface area (Å²) >= 11 is 7.29. The van der Waals surface area contributed by atoms with Crippen LogP contribution in [0.2, 0.25) is 5.02 Å². The molecule has 1 aromatic rings. The minimum absolute atomic E-state index is 0.0142. The van der Waals surface area contributed by atoms with Crippen molar-refractivity contribution in [1.29, 1.82) is 0 Å². The van der Waals surface area contributed by atoms with Gasteiger partial charge in [0.05, 0.1) is 11.3 Å². The fourth-order valence-corrected chi connectivity index (χ4v) is 2.52. The second-order valence-corrected chi connectivity index (χ2v) is 5.68. The van der Waals surface area contributed by atoms with E-state index in [2.05, 4.69) is 10.3 Å². The Morgan fingerprint density at radius 1 is 1.41 bits per heavy atom. The van der Waals surface area contributed by atoms with E-state index < -0.39 is 0 Å². The highest BCUT2D eigenvalue weighted by atomic mass is 35.5. The summed E-state index contributed by atoms with van der Waals surface area (Å²) < 4.78 is 0. The van der Waals surface area contributed by atoms with Crippen LogP contribution in [-0.4, -0.2) is 16.3 Å². The maximum Gasteiger partial charge on any atom is 0.239 e. The normalized spacial score (nSPS) is 23.8. The molecule has 0 spiro atoms. The molecule has 2 rings (SSSR count). The molecule has 5 heteroatoms. The van der Waals surface area contributed by atoms with Crippen molar-refractivity contribution >= 4 is 34.4 Å². The van der Waals surface area contributed by atoms with Gasteiger partial charge < -0.3 is 5.32 Å². The summed E-state index contributed by atoms with van der Waals surface area (Å²) in [5.41, 5.74) is 1.08. The largest absolute Gasteiger partial charge is 0.304 e. The lowest BCUT2D eigenvalue weighted by Crippen LogP contribution is -2.23. The first-order chi connectivity index (χ1) is 8.06. The van der Waals surface area contributed by atoms with E-state index >= 15 is 0 Å². The molecule has 90 valence electrons. The molecule has 1 amide bonds. The molecule has 17 heavy (non-hydrogen) atoms. The van der Waals surface area contributed by atoms with Gasteiger partial charge >= 0.3 is 0 Å². The Morgan fingerprint density at radius 3 is 2.59 bits per heavy atom. The Hall–Kier alpha value is -1.00. The van der Waals surface area contributed by atoms with Gasteiger partial charge in [-0.3, -0.25) is 9.79 Å². The highest BCUT2D eigenvalue weighted by Gasteiger charge is 2.26. The lowest BCUT2D eigenvalue weighted by Gasteiger charge is -2.07. The second-order valence-electron chi connectivity index (χ2n) is 3.91. The summed E-state index contributed by atoms with van der Waals surface area (Å²) in [5, 5.41) is 4.13. The van der Waals surface area contributed by atoms with Gasteiger partial charge in [0.15, 0.2) is 5.17 Å². The van der Waals surface area contributed by atoms with Crippen molar-refractivity contribution in [3.05, 3.63) is 34.9 Å². The summed E-state index contributed by atoms with van der Waals surface area (Å²) in [5.74, 6) is 0.0251. The van der Waals surface area contributed by atoms with E-state index in [0.29, 0.717) is 10.2 Å². The van der Waals surface area contributed by atoms with E-state index in [9.17, 15) is 4.79 Å². The molecule has 1 fully saturated rings. The number of amidine groups is 1. The summed E-state index contributed by atoms with van der Waals surface area (Å²) in [6, 6.07) is 7.59. The van der Waals surface area contributed by atoms with Gasteiger partial charge in [0.25, 0.3) is 0 Å². The van der Waals surface area contributed by atoms with Crippen molar-refractivity contribution in [2.24, 2.45) is 4.99 Å². The van der Waals surface area contributed by atoms with Crippen LogP contribution in [0.4, 0.5) is 0 Å². The number of benzene rings is 1. The fourth-order valence-electron chi connectivity index (χ4n) is 1.51. The number of hydrogen-bond donors (Lipinski definition) is 1. The van der Waals surface area contributed by atoms with Crippen molar-refractivity contribution in [3.63, 3.8) is 0 Å². The predicted octanol–water partition coefficient (Wildman–Crippen LogP) is 3.01. The highest BCUT2D eigenvalue weighted by molar-refractivity contribution is 8.15. The molecule has 1 unspecified atom stereocenters. The molecule has 1 saturated heterocycles. The molecule has 1 aliphatic heterocycles. The summed E-state index contributed by atoms with van der Waals surface area (Å²) in [4.78, 5) is 15.8. The van der Waals surface area contributed by atoms with Gasteiger partial charge in [-0.1, -0.05) is 35.5 Å². The predicted molar refractivity (Wildman–Crippen MR) is 72.5 cm³/mol. The molecule has 3 nitrogen and oxygen atoms in total. The summed E-state index contributed by atoms with van der Waals surface area (Å²) in [7, 11) is 0. The topological polar surface area (TPSA) is 41.5 Å². The number of amides is 1. The SMILES string of the molecule is CC1SC(=N[C@@H](C)c2ccc(Cl)cc2)NC1=O. The third kappa shape index (κ3) is 3.01. The van der Waals surface area contributed by atoms with Crippen LogP contribution in [-0.2, 0) is 4.79 Å². The second kappa shape index (κ2) is 5.10. The van der Waals surface area contributed by atoms with Crippen molar-refractivity contribution < 1.29 is 4.79 Å². The van der Waals surface area contributed by atoms with Crippen molar-refractivity contribution in [2.45, 2.75) is 25.1 Å². The smallest absolute Gasteiger partial charge is 0.239 e. The van der Waals surface area contributed by atoms with E-state index in [-0.39, 0.29) is 17.2 Å². The number of aliphatic imine (C=N–C) groups is 1. The van der Waals surface area contributed by atoms with E-state index in [0.717, 1.165) is 5.56 Å². The Labute approximate surface area is 110 Å². The minimum Gasteiger partial charge on any atom is -0.304 e. The third-order valence-electron chi connectivity index (χ3n) is 2.55. The Balaban J connectivity index is 2.11. The molecule has 1 aromatic carbocycles. The first-order valence-electron chi connectivity index (χ1n) is 5.37. The average Bonchev–Trinajstić information content (AvgIpc) is 2.58. The van der Waals surface area contributed by atoms with Crippen LogP contribution in [0.1, 0.15) is 25.5 Å². The van der Waals surface area contributed by atoms with Crippen LogP contribution in [0.3, 0.4) is 0 Å². The monoisotopic (exact) mass is 268 g/mol. The maximum atomic E-state index is 11.3. The third-order valence-corrected chi connectivity index (χ3v) is 3.80. The van der Waals surface area contributed by atoms with Gasteiger partial charge in [-0.25, -0.2) is 0 Å². The van der Waals surface area contributed by atoms with Crippen LogP contribution >= 0.6 is 23.4 Å². The molecule has 1 aliphatic rings. The quantitative estimate of drug-likeness (QED) is 0.896. The Kier molecular flexibility index (Phi) is 3.74. The standard InChI is InChI=1S/C12H13ClN2OS/c1-7(9-3-5-10(13)6-4-9)14-12-15-11(16)8(2)17-12/h3-8H,1-2H3,(H,14,15,16)/t7-,8?/m0/s1. The lowest BCUT2D eigenvalue weighted by molar-refractivity contribution is -0.118. The number of nitrogens with zero attached hydrogens (tertiary/aromatic N) is 1. The molecule has 0 bridgehead atoms. The zero-order valence-corrected chi connectivity index (χ0v) is 11.2. The van der Waals surface area contributed by atoms with E-state index in [1.54, 1.807) is 0 Å². The Morgan fingerprint density at radius 2 is 2.06 bits per heavy atom. The van der Waals surface area contributed by atoms with Crippen LogP contribution < -0.4 is 5.32 Å². The van der Waals surface area contributed by atoms with Crippen LogP contribution in [0, 0.1) is 0 Å². The number of halogens is 1. The minimum atomic E-state index is -0.0498.